The number of hydrogen-bond acceptors (Lipinski definition) is 3. The van der Waals surface area contributed by atoms with Crippen molar-refractivity contribution in [1.82, 2.24) is 10.2 Å². The highest BCUT2D eigenvalue weighted by Gasteiger charge is 2.19. The summed E-state index contributed by atoms with van der Waals surface area (Å²) in [6.45, 7) is 7.62. The van der Waals surface area contributed by atoms with Crippen molar-refractivity contribution in [1.29, 1.82) is 0 Å². The van der Waals surface area contributed by atoms with Gasteiger partial charge < -0.3 is 10.1 Å². The van der Waals surface area contributed by atoms with E-state index in [1.165, 1.54) is 13.0 Å². The molecule has 0 bridgehead atoms. The molecule has 1 fully saturated rings. The molecule has 1 heterocycles. The standard InChI is InChI=1S/C9H20N2O/c1-3-9-8-10-4-5-11(9)6-7-12-2/h9-10H,3-8H2,1-2H3/t9-/m1/s1. The van der Waals surface area contributed by atoms with Gasteiger partial charge in [-0.25, -0.2) is 0 Å². The van der Waals surface area contributed by atoms with Crippen molar-refractivity contribution >= 4 is 0 Å². The maximum absolute atomic E-state index is 5.08. The van der Waals surface area contributed by atoms with E-state index >= 15 is 0 Å². The van der Waals surface area contributed by atoms with Crippen molar-refractivity contribution in [3.63, 3.8) is 0 Å². The summed E-state index contributed by atoms with van der Waals surface area (Å²) < 4.78 is 5.08. The SMILES string of the molecule is CC[C@@H]1CNCCN1CCOC. The van der Waals surface area contributed by atoms with Crippen LogP contribution >= 0.6 is 0 Å². The van der Waals surface area contributed by atoms with Crippen LogP contribution in [0.25, 0.3) is 0 Å². The Morgan fingerprint density at radius 2 is 2.42 bits per heavy atom. The number of piperazine rings is 1. The Morgan fingerprint density at radius 1 is 1.58 bits per heavy atom. The molecule has 0 aromatic heterocycles. The van der Waals surface area contributed by atoms with Crippen molar-refractivity contribution in [2.75, 3.05) is 39.9 Å². The molecule has 12 heavy (non-hydrogen) atoms. The van der Waals surface area contributed by atoms with E-state index in [4.69, 9.17) is 4.74 Å². The molecule has 0 spiro atoms. The monoisotopic (exact) mass is 172 g/mol. The zero-order chi connectivity index (χ0) is 8.81. The van der Waals surface area contributed by atoms with Gasteiger partial charge in [0.1, 0.15) is 0 Å². The van der Waals surface area contributed by atoms with Crippen LogP contribution < -0.4 is 5.32 Å². The van der Waals surface area contributed by atoms with E-state index in [0.29, 0.717) is 6.04 Å². The molecule has 0 saturated carbocycles. The fourth-order valence-corrected chi connectivity index (χ4v) is 1.71. The summed E-state index contributed by atoms with van der Waals surface area (Å²) in [7, 11) is 1.77. The maximum Gasteiger partial charge on any atom is 0.0589 e. The highest BCUT2D eigenvalue weighted by molar-refractivity contribution is 4.78. The van der Waals surface area contributed by atoms with Crippen molar-refractivity contribution in [2.24, 2.45) is 0 Å². The number of ether oxygens (including phenoxy) is 1. The minimum atomic E-state index is 0.717. The zero-order valence-corrected chi connectivity index (χ0v) is 8.18. The number of nitrogens with one attached hydrogen (secondary N) is 1. The van der Waals surface area contributed by atoms with Gasteiger partial charge in [-0.2, -0.15) is 0 Å². The van der Waals surface area contributed by atoms with Crippen molar-refractivity contribution in [2.45, 2.75) is 19.4 Å². The second kappa shape index (κ2) is 5.51. The van der Waals surface area contributed by atoms with Crippen LogP contribution in [-0.2, 0) is 4.74 Å². The summed E-state index contributed by atoms with van der Waals surface area (Å²) in [5, 5.41) is 3.41. The number of methoxy groups -OCH3 is 1. The number of hydrogen-bond donors (Lipinski definition) is 1. The molecule has 0 radical (unpaired) electrons. The lowest BCUT2D eigenvalue weighted by molar-refractivity contribution is 0.102. The predicted molar refractivity (Wildman–Crippen MR) is 50.4 cm³/mol. The third-order valence-corrected chi connectivity index (χ3v) is 2.53. The van der Waals surface area contributed by atoms with Crippen molar-refractivity contribution in [3.8, 4) is 0 Å². The molecule has 0 unspecified atom stereocenters. The Labute approximate surface area is 75.1 Å². The van der Waals surface area contributed by atoms with Crippen LogP contribution in [0.15, 0.2) is 0 Å². The van der Waals surface area contributed by atoms with Crippen molar-refractivity contribution in [3.05, 3.63) is 0 Å². The fourth-order valence-electron chi connectivity index (χ4n) is 1.71. The maximum atomic E-state index is 5.08. The average molecular weight is 172 g/mol. The van der Waals surface area contributed by atoms with Crippen LogP contribution in [-0.4, -0.2) is 50.8 Å². The Balaban J connectivity index is 2.26. The molecule has 3 nitrogen and oxygen atoms in total. The highest BCUT2D eigenvalue weighted by Crippen LogP contribution is 2.05. The predicted octanol–water partition coefficient (Wildman–Crippen LogP) is 0.317. The Hall–Kier alpha value is -0.120. The van der Waals surface area contributed by atoms with Gasteiger partial charge in [0.05, 0.1) is 6.61 Å². The van der Waals surface area contributed by atoms with Crippen LogP contribution in [0.4, 0.5) is 0 Å². The molecule has 72 valence electrons. The van der Waals surface area contributed by atoms with E-state index in [0.717, 1.165) is 26.2 Å². The minimum absolute atomic E-state index is 0.717. The fraction of sp³-hybridized carbons (Fsp3) is 1.00. The summed E-state index contributed by atoms with van der Waals surface area (Å²) in [6, 6.07) is 0.717. The van der Waals surface area contributed by atoms with Gasteiger partial charge in [-0.3, -0.25) is 4.90 Å². The first-order valence-corrected chi connectivity index (χ1v) is 4.82. The van der Waals surface area contributed by atoms with Gasteiger partial charge in [0.15, 0.2) is 0 Å². The van der Waals surface area contributed by atoms with Gasteiger partial charge in [0.25, 0.3) is 0 Å². The Kier molecular flexibility index (Phi) is 4.58. The molecular formula is C9H20N2O. The molecule has 0 aromatic rings. The Bertz CT molecular complexity index is 119. The first-order valence-electron chi connectivity index (χ1n) is 4.82. The molecule has 0 aliphatic carbocycles. The zero-order valence-electron chi connectivity index (χ0n) is 8.18. The van der Waals surface area contributed by atoms with Crippen LogP contribution in [0, 0.1) is 0 Å². The van der Waals surface area contributed by atoms with Gasteiger partial charge in [-0.1, -0.05) is 6.92 Å². The van der Waals surface area contributed by atoms with Crippen LogP contribution in [0.2, 0.25) is 0 Å². The van der Waals surface area contributed by atoms with E-state index in [1.54, 1.807) is 7.11 Å². The van der Waals surface area contributed by atoms with Gasteiger partial charge in [-0.05, 0) is 6.42 Å². The molecular weight excluding hydrogens is 152 g/mol. The smallest absolute Gasteiger partial charge is 0.0589 e. The van der Waals surface area contributed by atoms with Crippen LogP contribution in [0.5, 0.6) is 0 Å². The summed E-state index contributed by atoms with van der Waals surface area (Å²) in [6.07, 6.45) is 1.23. The van der Waals surface area contributed by atoms with E-state index in [-0.39, 0.29) is 0 Å². The lowest BCUT2D eigenvalue weighted by Crippen LogP contribution is -2.51. The Morgan fingerprint density at radius 3 is 3.08 bits per heavy atom. The lowest BCUT2D eigenvalue weighted by atomic mass is 10.1. The summed E-state index contributed by atoms with van der Waals surface area (Å²) in [4.78, 5) is 2.51. The summed E-state index contributed by atoms with van der Waals surface area (Å²) in [5.41, 5.74) is 0. The van der Waals surface area contributed by atoms with Gasteiger partial charge in [0, 0.05) is 39.3 Å². The third-order valence-electron chi connectivity index (χ3n) is 2.53. The topological polar surface area (TPSA) is 24.5 Å². The molecule has 0 amide bonds. The quantitative estimate of drug-likeness (QED) is 0.661. The highest BCUT2D eigenvalue weighted by atomic mass is 16.5. The van der Waals surface area contributed by atoms with E-state index in [2.05, 4.69) is 17.1 Å². The molecule has 0 aromatic carbocycles. The van der Waals surface area contributed by atoms with Gasteiger partial charge >= 0.3 is 0 Å². The molecule has 1 saturated heterocycles. The normalized spacial score (nSPS) is 26.0. The van der Waals surface area contributed by atoms with Gasteiger partial charge in [0.2, 0.25) is 0 Å². The molecule has 1 rings (SSSR count). The summed E-state index contributed by atoms with van der Waals surface area (Å²) >= 11 is 0. The molecule has 1 atom stereocenters. The van der Waals surface area contributed by atoms with E-state index in [1.807, 2.05) is 0 Å². The van der Waals surface area contributed by atoms with Gasteiger partial charge in [-0.15, -0.1) is 0 Å². The molecule has 1 aliphatic heterocycles. The van der Waals surface area contributed by atoms with E-state index in [9.17, 15) is 0 Å². The van der Waals surface area contributed by atoms with Crippen LogP contribution in [0.3, 0.4) is 0 Å². The largest absolute Gasteiger partial charge is 0.383 e. The molecule has 1 aliphatic rings. The lowest BCUT2D eigenvalue weighted by Gasteiger charge is -2.35. The minimum Gasteiger partial charge on any atom is -0.383 e. The average Bonchev–Trinajstić information content (AvgIpc) is 2.15. The first kappa shape index (κ1) is 9.96. The van der Waals surface area contributed by atoms with Crippen molar-refractivity contribution < 1.29 is 4.74 Å². The third kappa shape index (κ3) is 2.73. The second-order valence-electron chi connectivity index (χ2n) is 3.29. The summed E-state index contributed by atoms with van der Waals surface area (Å²) in [5.74, 6) is 0. The second-order valence-corrected chi connectivity index (χ2v) is 3.29. The number of rotatable bonds is 4. The first-order chi connectivity index (χ1) is 5.88. The van der Waals surface area contributed by atoms with E-state index < -0.39 is 0 Å². The molecule has 3 heteroatoms. The molecule has 1 N–H and O–H groups in total. The van der Waals surface area contributed by atoms with Crippen LogP contribution in [0.1, 0.15) is 13.3 Å². The number of nitrogens with zero attached hydrogens (tertiary/aromatic N) is 1.